The lowest BCUT2D eigenvalue weighted by atomic mass is 9.84. The summed E-state index contributed by atoms with van der Waals surface area (Å²) in [6.45, 7) is 11.3. The first-order valence-corrected chi connectivity index (χ1v) is 30.7. The number of hydrogen-bond acceptors (Lipinski definition) is 4. The smallest absolute Gasteiger partial charge is 0.159 e. The molecule has 1 atom stereocenters. The third kappa shape index (κ3) is 9.57. The second-order valence-electron chi connectivity index (χ2n) is 23.9. The third-order valence-electron chi connectivity index (χ3n) is 18.6. The van der Waals surface area contributed by atoms with Gasteiger partial charge < -0.3 is 18.6 Å². The molecule has 0 saturated heterocycles. The molecule has 14 rings (SSSR count). The van der Waals surface area contributed by atoms with Crippen LogP contribution in [0.25, 0.3) is 71.5 Å². The number of fused-ring (bicyclic) bond motifs is 6. The van der Waals surface area contributed by atoms with Gasteiger partial charge in [-0.1, -0.05) is 213 Å². The van der Waals surface area contributed by atoms with Gasteiger partial charge in [-0.05, 0) is 162 Å². The fraction of sp³-hybridized carbons (Fsp3) is 0.316. The molecule has 1 unspecified atom stereocenters. The summed E-state index contributed by atoms with van der Waals surface area (Å²) in [6.07, 6.45) is 25.7. The van der Waals surface area contributed by atoms with Crippen molar-refractivity contribution in [3.05, 3.63) is 197 Å². The van der Waals surface area contributed by atoms with E-state index in [4.69, 9.17) is 8.83 Å². The molecule has 2 saturated carbocycles. The average molecular weight is 1050 g/mol. The Morgan fingerprint density at radius 3 is 1.64 bits per heavy atom. The van der Waals surface area contributed by atoms with E-state index >= 15 is 0 Å². The van der Waals surface area contributed by atoms with Crippen molar-refractivity contribution in [1.29, 1.82) is 0 Å². The fourth-order valence-electron chi connectivity index (χ4n) is 14.2. The number of furan rings is 2. The number of allylic oxidation sites excluding steroid dienone is 1. The Morgan fingerprint density at radius 2 is 1.02 bits per heavy atom. The molecule has 404 valence electrons. The Morgan fingerprint density at radius 1 is 0.487 bits per heavy atom. The minimum absolute atomic E-state index is 0.541. The molecule has 2 fully saturated rings. The Balaban J connectivity index is 0.000000697. The molecule has 80 heavy (non-hydrogen) atoms. The van der Waals surface area contributed by atoms with E-state index in [-0.39, 0.29) is 0 Å². The van der Waals surface area contributed by atoms with E-state index in [0.29, 0.717) is 11.8 Å². The van der Waals surface area contributed by atoms with Crippen LogP contribution in [0, 0.1) is 19.8 Å². The Labute approximate surface area is 474 Å². The Bertz CT molecular complexity index is 4050. The highest BCUT2D eigenvalue weighted by molar-refractivity contribution is 6.20. The molecule has 9 aromatic carbocycles. The predicted octanol–water partition coefficient (Wildman–Crippen LogP) is 23.6. The zero-order valence-electron chi connectivity index (χ0n) is 47.9. The molecule has 4 heteroatoms. The van der Waals surface area contributed by atoms with E-state index in [1.54, 1.807) is 0 Å². The van der Waals surface area contributed by atoms with Crippen molar-refractivity contribution in [3.8, 4) is 0 Å². The summed E-state index contributed by atoms with van der Waals surface area (Å²) in [5.41, 5.74) is 18.0. The van der Waals surface area contributed by atoms with E-state index in [1.165, 1.54) is 134 Å². The monoisotopic (exact) mass is 1050 g/mol. The van der Waals surface area contributed by atoms with E-state index in [1.807, 2.05) is 0 Å². The van der Waals surface area contributed by atoms with Crippen LogP contribution in [0.3, 0.4) is 0 Å². The minimum atomic E-state index is 0.541. The standard InChI is InChI=1S/C68H62N2O2.C8H16/c1-5-7-18-45(6-2)47-29-36-51(37-30-47)70(62-28-15-25-56-54-23-12-17-44(4)66(54)72-68(56)62)60-41-34-49-21-13-26-57-59(42-35-50-33-40-58(60)63(49)64(50)57)69(52-38-31-48(32-39-52)46-19-9-8-10-20-46)61-27-14-24-55-53-22-11-16-43(3)65(53)71-67(55)61;1-8-6-4-2-3-5-7-8/h11-17,21-25,27-42,45-46H,5-10,18-20,26H2,1-4H3;8H,2-7H2,1H3. The summed E-state index contributed by atoms with van der Waals surface area (Å²) in [4.78, 5) is 4.95. The van der Waals surface area contributed by atoms with Gasteiger partial charge in [0.25, 0.3) is 0 Å². The largest absolute Gasteiger partial charge is 0.454 e. The van der Waals surface area contributed by atoms with Gasteiger partial charge in [0.2, 0.25) is 0 Å². The van der Waals surface area contributed by atoms with Crippen LogP contribution in [-0.2, 0) is 6.42 Å². The van der Waals surface area contributed by atoms with Crippen LogP contribution in [0.1, 0.15) is 162 Å². The number of benzene rings is 9. The van der Waals surface area contributed by atoms with Crippen LogP contribution in [-0.4, -0.2) is 0 Å². The third-order valence-corrected chi connectivity index (χ3v) is 18.6. The summed E-state index contributed by atoms with van der Waals surface area (Å²) in [7, 11) is 0. The van der Waals surface area contributed by atoms with Crippen LogP contribution < -0.4 is 9.80 Å². The number of nitrogens with zero attached hydrogens (tertiary/aromatic N) is 2. The van der Waals surface area contributed by atoms with E-state index < -0.39 is 0 Å². The second-order valence-corrected chi connectivity index (χ2v) is 23.9. The van der Waals surface area contributed by atoms with Crippen LogP contribution in [0.5, 0.6) is 0 Å². The van der Waals surface area contributed by atoms with Crippen molar-refractivity contribution in [3.63, 3.8) is 0 Å². The van der Waals surface area contributed by atoms with Crippen molar-refractivity contribution in [2.24, 2.45) is 5.92 Å². The summed E-state index contributed by atoms with van der Waals surface area (Å²) >= 11 is 0. The van der Waals surface area contributed by atoms with Crippen LogP contribution >= 0.6 is 0 Å². The molecule has 0 aliphatic heterocycles. The molecular weight excluding hydrogens is 973 g/mol. The zero-order chi connectivity index (χ0) is 54.3. The molecule has 2 heterocycles. The molecule has 2 aromatic heterocycles. The predicted molar refractivity (Wildman–Crippen MR) is 343 cm³/mol. The van der Waals surface area contributed by atoms with Gasteiger partial charge in [0.05, 0.1) is 22.7 Å². The summed E-state index contributed by atoms with van der Waals surface area (Å²) < 4.78 is 14.0. The van der Waals surface area contributed by atoms with Gasteiger partial charge in [0, 0.05) is 38.3 Å². The molecule has 0 amide bonds. The molecule has 11 aromatic rings. The van der Waals surface area contributed by atoms with Crippen molar-refractivity contribution in [1.82, 2.24) is 0 Å². The molecule has 0 N–H and O–H groups in total. The van der Waals surface area contributed by atoms with Crippen molar-refractivity contribution in [2.75, 3.05) is 9.80 Å². The molecule has 0 bridgehead atoms. The maximum absolute atomic E-state index is 6.98. The number of anilines is 6. The first-order chi connectivity index (χ1) is 39.4. The van der Waals surface area contributed by atoms with Crippen molar-refractivity contribution in [2.45, 2.75) is 149 Å². The summed E-state index contributed by atoms with van der Waals surface area (Å²) in [5, 5.41) is 9.54. The molecule has 3 aliphatic carbocycles. The lowest BCUT2D eigenvalue weighted by Gasteiger charge is -2.30. The SMILES string of the molecule is CC1CCCCCC1.CCCCC(CC)c1ccc(N(c2ccc3c4c2ccc2ccc(N(c5ccc(C6CCCCC6)cc5)c5cccc6c5oc5c(C)cccc56)c(c24)CC=C3)c2cccc3c2oc2c(C)cccc23)cc1. The van der Waals surface area contributed by atoms with Gasteiger partial charge in [0.15, 0.2) is 11.2 Å². The van der Waals surface area contributed by atoms with Gasteiger partial charge in [0.1, 0.15) is 11.2 Å². The first kappa shape index (κ1) is 51.9. The fourth-order valence-corrected chi connectivity index (χ4v) is 14.2. The second kappa shape index (κ2) is 22.5. The van der Waals surface area contributed by atoms with Gasteiger partial charge in [-0.25, -0.2) is 0 Å². The molecule has 4 nitrogen and oxygen atoms in total. The minimum Gasteiger partial charge on any atom is -0.454 e. The number of para-hydroxylation sites is 4. The molecule has 0 radical (unpaired) electrons. The average Bonchev–Trinajstić information content (AvgIpc) is 4.12. The van der Waals surface area contributed by atoms with Gasteiger partial charge in [-0.2, -0.15) is 0 Å². The number of hydrogen-bond donors (Lipinski definition) is 0. The highest BCUT2D eigenvalue weighted by atomic mass is 16.3. The van der Waals surface area contributed by atoms with E-state index in [9.17, 15) is 0 Å². The maximum Gasteiger partial charge on any atom is 0.159 e. The van der Waals surface area contributed by atoms with Crippen LogP contribution in [0.15, 0.2) is 173 Å². The maximum atomic E-state index is 6.98. The highest BCUT2D eigenvalue weighted by Gasteiger charge is 2.28. The normalized spacial score (nSPS) is 15.5. The molecule has 3 aliphatic rings. The lowest BCUT2D eigenvalue weighted by Crippen LogP contribution is -2.13. The van der Waals surface area contributed by atoms with Crippen molar-refractivity contribution < 1.29 is 8.83 Å². The van der Waals surface area contributed by atoms with E-state index in [2.05, 4.69) is 214 Å². The lowest BCUT2D eigenvalue weighted by molar-refractivity contribution is 0.443. The van der Waals surface area contributed by atoms with Crippen LogP contribution in [0.4, 0.5) is 34.1 Å². The number of aryl methyl sites for hydroxylation is 2. The molecular formula is C76H78N2O2. The molecule has 0 spiro atoms. The topological polar surface area (TPSA) is 32.8 Å². The Hall–Kier alpha value is -7.56. The quantitative estimate of drug-likeness (QED) is 0.0902. The first-order valence-electron chi connectivity index (χ1n) is 30.7. The number of rotatable bonds is 12. The summed E-state index contributed by atoms with van der Waals surface area (Å²) in [5.74, 6) is 2.19. The summed E-state index contributed by atoms with van der Waals surface area (Å²) in [6, 6.07) is 59.4. The van der Waals surface area contributed by atoms with Gasteiger partial charge in [-0.3, -0.25) is 0 Å². The van der Waals surface area contributed by atoms with Gasteiger partial charge in [-0.15, -0.1) is 0 Å². The number of unbranched alkanes of at least 4 members (excludes halogenated alkanes) is 1. The zero-order valence-corrected chi connectivity index (χ0v) is 47.9. The van der Waals surface area contributed by atoms with Gasteiger partial charge >= 0.3 is 0 Å². The van der Waals surface area contributed by atoms with Crippen molar-refractivity contribution >= 4 is 106 Å². The Kier molecular flexibility index (Phi) is 14.6. The van der Waals surface area contributed by atoms with Crippen LogP contribution in [0.2, 0.25) is 0 Å². The van der Waals surface area contributed by atoms with E-state index in [0.717, 1.165) is 108 Å². The highest BCUT2D eigenvalue weighted by Crippen LogP contribution is 2.51.